The molecule has 1 aliphatic carbocycles. The van der Waals surface area contributed by atoms with Gasteiger partial charge in [0.05, 0.1) is 24.1 Å². The van der Waals surface area contributed by atoms with E-state index in [1.807, 2.05) is 12.1 Å². The third-order valence-corrected chi connectivity index (χ3v) is 4.33. The van der Waals surface area contributed by atoms with Crippen LogP contribution in [-0.4, -0.2) is 18.4 Å². The van der Waals surface area contributed by atoms with E-state index in [0.29, 0.717) is 18.2 Å². The average molecular weight is 282 g/mol. The van der Waals surface area contributed by atoms with Crippen molar-refractivity contribution >= 4 is 17.5 Å². The molecule has 4 nitrogen and oxygen atoms in total. The molecule has 1 saturated heterocycles. The molecule has 3 rings (SSSR count). The van der Waals surface area contributed by atoms with Crippen molar-refractivity contribution in [3.8, 4) is 11.8 Å². The van der Waals surface area contributed by atoms with Crippen molar-refractivity contribution in [2.24, 2.45) is 23.5 Å². The number of benzene rings is 1. The Bertz CT molecular complexity index is 615. The highest BCUT2D eigenvalue weighted by Gasteiger charge is 2.52. The lowest BCUT2D eigenvalue weighted by Crippen LogP contribution is -2.32. The number of amides is 2. The number of imide groups is 1. The minimum absolute atomic E-state index is 0.0462. The van der Waals surface area contributed by atoms with Gasteiger partial charge in [0, 0.05) is 5.56 Å². The third-order valence-electron chi connectivity index (χ3n) is 4.33. The number of hydrogen-bond acceptors (Lipinski definition) is 3. The zero-order chi connectivity index (χ0) is 15.0. The number of fused-ring (bicyclic) bond motifs is 1. The zero-order valence-corrected chi connectivity index (χ0v) is 12.0. The second kappa shape index (κ2) is 5.34. The van der Waals surface area contributed by atoms with Crippen molar-refractivity contribution in [1.29, 1.82) is 0 Å². The Morgan fingerprint density at radius 3 is 2.24 bits per heavy atom. The summed E-state index contributed by atoms with van der Waals surface area (Å²) in [6.45, 7) is 2.42. The molecule has 1 aromatic carbocycles. The molecule has 2 N–H and O–H groups in total. The van der Waals surface area contributed by atoms with E-state index >= 15 is 0 Å². The lowest BCUT2D eigenvalue weighted by Gasteiger charge is -2.16. The molecule has 2 fully saturated rings. The first-order valence-corrected chi connectivity index (χ1v) is 7.28. The quantitative estimate of drug-likeness (QED) is 0.627. The highest BCUT2D eigenvalue weighted by atomic mass is 16.2. The van der Waals surface area contributed by atoms with Crippen molar-refractivity contribution in [2.45, 2.75) is 19.8 Å². The van der Waals surface area contributed by atoms with Gasteiger partial charge in [0.15, 0.2) is 0 Å². The SMILES string of the molecule is CC1CC2C(=O)N(c3ccc(C#CCN)cc3)C(=O)C2C1. The molecule has 0 spiro atoms. The zero-order valence-electron chi connectivity index (χ0n) is 12.0. The molecule has 2 unspecified atom stereocenters. The largest absolute Gasteiger partial charge is 0.320 e. The summed E-state index contributed by atoms with van der Waals surface area (Å²) in [6, 6.07) is 7.19. The standard InChI is InChI=1S/C17H18N2O2/c1-11-9-14-15(10-11)17(21)19(16(14)20)13-6-4-12(5-7-13)3-2-8-18/h4-7,11,14-15H,8-10,18H2,1H3. The van der Waals surface area contributed by atoms with Gasteiger partial charge in [-0.3, -0.25) is 14.5 Å². The maximum absolute atomic E-state index is 12.5. The van der Waals surface area contributed by atoms with Gasteiger partial charge in [-0.2, -0.15) is 0 Å². The molecule has 0 radical (unpaired) electrons. The van der Waals surface area contributed by atoms with Gasteiger partial charge in [-0.25, -0.2) is 0 Å². The van der Waals surface area contributed by atoms with Gasteiger partial charge in [0.2, 0.25) is 11.8 Å². The van der Waals surface area contributed by atoms with E-state index in [4.69, 9.17) is 5.73 Å². The molecular formula is C17H18N2O2. The molecule has 1 aliphatic heterocycles. The molecule has 1 saturated carbocycles. The van der Waals surface area contributed by atoms with Gasteiger partial charge < -0.3 is 5.73 Å². The smallest absolute Gasteiger partial charge is 0.237 e. The predicted molar refractivity (Wildman–Crippen MR) is 80.2 cm³/mol. The van der Waals surface area contributed by atoms with Crippen LogP contribution in [0, 0.1) is 29.6 Å². The number of nitrogens with zero attached hydrogens (tertiary/aromatic N) is 1. The fourth-order valence-corrected chi connectivity index (χ4v) is 3.38. The first kappa shape index (κ1) is 13.8. The molecule has 2 amide bonds. The summed E-state index contributed by atoms with van der Waals surface area (Å²) in [5.74, 6) is 5.83. The summed E-state index contributed by atoms with van der Waals surface area (Å²) in [4.78, 5) is 26.3. The van der Waals surface area contributed by atoms with Crippen LogP contribution >= 0.6 is 0 Å². The van der Waals surface area contributed by atoms with Crippen molar-refractivity contribution in [2.75, 3.05) is 11.4 Å². The van der Waals surface area contributed by atoms with Crippen LogP contribution in [0.1, 0.15) is 25.3 Å². The Morgan fingerprint density at radius 1 is 1.14 bits per heavy atom. The normalized spacial score (nSPS) is 27.5. The van der Waals surface area contributed by atoms with Crippen molar-refractivity contribution in [3.63, 3.8) is 0 Å². The Kier molecular flexibility index (Phi) is 3.52. The van der Waals surface area contributed by atoms with Crippen molar-refractivity contribution < 1.29 is 9.59 Å². The minimum atomic E-state index is -0.121. The van der Waals surface area contributed by atoms with Crippen LogP contribution in [0.25, 0.3) is 0 Å². The molecular weight excluding hydrogens is 264 g/mol. The topological polar surface area (TPSA) is 63.4 Å². The molecule has 0 aromatic heterocycles. The van der Waals surface area contributed by atoms with E-state index < -0.39 is 0 Å². The fraction of sp³-hybridized carbons (Fsp3) is 0.412. The molecule has 1 aromatic rings. The van der Waals surface area contributed by atoms with E-state index in [0.717, 1.165) is 18.4 Å². The van der Waals surface area contributed by atoms with E-state index in [9.17, 15) is 9.59 Å². The van der Waals surface area contributed by atoms with Crippen LogP contribution in [-0.2, 0) is 9.59 Å². The number of nitrogens with two attached hydrogens (primary N) is 1. The Labute approximate surface area is 124 Å². The number of rotatable bonds is 1. The average Bonchev–Trinajstić information content (AvgIpc) is 2.97. The summed E-state index contributed by atoms with van der Waals surface area (Å²) in [5, 5.41) is 0. The Balaban J connectivity index is 1.85. The van der Waals surface area contributed by atoms with Crippen LogP contribution in [0.5, 0.6) is 0 Å². The first-order valence-electron chi connectivity index (χ1n) is 7.28. The maximum atomic E-state index is 12.5. The van der Waals surface area contributed by atoms with Gasteiger partial charge in [0.1, 0.15) is 0 Å². The monoisotopic (exact) mass is 282 g/mol. The molecule has 2 aliphatic rings. The maximum Gasteiger partial charge on any atom is 0.237 e. The van der Waals surface area contributed by atoms with E-state index in [-0.39, 0.29) is 23.7 Å². The highest BCUT2D eigenvalue weighted by Crippen LogP contribution is 2.44. The van der Waals surface area contributed by atoms with Gasteiger partial charge in [0.25, 0.3) is 0 Å². The van der Waals surface area contributed by atoms with Crippen LogP contribution in [0.2, 0.25) is 0 Å². The van der Waals surface area contributed by atoms with E-state index in [1.165, 1.54) is 4.90 Å². The third kappa shape index (κ3) is 2.34. The van der Waals surface area contributed by atoms with E-state index in [2.05, 4.69) is 18.8 Å². The minimum Gasteiger partial charge on any atom is -0.320 e. The van der Waals surface area contributed by atoms with Crippen LogP contribution in [0.3, 0.4) is 0 Å². The number of hydrogen-bond donors (Lipinski definition) is 1. The van der Waals surface area contributed by atoms with E-state index in [1.54, 1.807) is 12.1 Å². The number of carbonyl (C=O) groups excluding carboxylic acids is 2. The molecule has 1 heterocycles. The van der Waals surface area contributed by atoms with Crippen molar-refractivity contribution in [1.82, 2.24) is 0 Å². The summed E-state index contributed by atoms with van der Waals surface area (Å²) in [7, 11) is 0. The second-order valence-electron chi connectivity index (χ2n) is 5.85. The van der Waals surface area contributed by atoms with Gasteiger partial charge >= 0.3 is 0 Å². The van der Waals surface area contributed by atoms with Gasteiger partial charge in [-0.05, 0) is 43.0 Å². The molecule has 108 valence electrons. The van der Waals surface area contributed by atoms with Gasteiger partial charge in [-0.1, -0.05) is 18.8 Å². The summed E-state index contributed by atoms with van der Waals surface area (Å²) in [6.07, 6.45) is 1.65. The van der Waals surface area contributed by atoms with Crippen LogP contribution in [0.4, 0.5) is 5.69 Å². The summed E-state index contributed by atoms with van der Waals surface area (Å²) >= 11 is 0. The van der Waals surface area contributed by atoms with Gasteiger partial charge in [-0.15, -0.1) is 0 Å². The molecule has 4 heteroatoms. The molecule has 21 heavy (non-hydrogen) atoms. The number of anilines is 1. The second-order valence-corrected chi connectivity index (χ2v) is 5.85. The lowest BCUT2D eigenvalue weighted by atomic mass is 10.00. The highest BCUT2D eigenvalue weighted by molar-refractivity contribution is 6.22. The van der Waals surface area contributed by atoms with Crippen LogP contribution in [0.15, 0.2) is 24.3 Å². The number of carbonyl (C=O) groups is 2. The predicted octanol–water partition coefficient (Wildman–Crippen LogP) is 1.53. The summed E-state index contributed by atoms with van der Waals surface area (Å²) < 4.78 is 0. The fourth-order valence-electron chi connectivity index (χ4n) is 3.38. The lowest BCUT2D eigenvalue weighted by molar-refractivity contribution is -0.123. The van der Waals surface area contributed by atoms with Crippen LogP contribution < -0.4 is 10.6 Å². The first-order chi connectivity index (χ1) is 10.1. The Morgan fingerprint density at radius 2 is 1.71 bits per heavy atom. The van der Waals surface area contributed by atoms with Crippen molar-refractivity contribution in [3.05, 3.63) is 29.8 Å². The Hall–Kier alpha value is -2.12. The summed E-state index contributed by atoms with van der Waals surface area (Å²) in [5.41, 5.74) is 6.81. The molecule has 0 bridgehead atoms. The molecule has 2 atom stereocenters.